The Morgan fingerprint density at radius 3 is 2.56 bits per heavy atom. The van der Waals surface area contributed by atoms with Crippen LogP contribution in [0.4, 0.5) is 0 Å². The van der Waals surface area contributed by atoms with Gasteiger partial charge in [0.1, 0.15) is 29.5 Å². The third-order valence-electron chi connectivity index (χ3n) is 12.2. The van der Waals surface area contributed by atoms with Crippen molar-refractivity contribution in [2.45, 2.75) is 114 Å². The van der Waals surface area contributed by atoms with Crippen LogP contribution in [0.2, 0.25) is 0 Å². The largest absolute Gasteiger partial charge is 0.465 e. The highest BCUT2D eigenvalue weighted by Crippen LogP contribution is 2.75. The van der Waals surface area contributed by atoms with Crippen LogP contribution in [0.5, 0.6) is 0 Å². The summed E-state index contributed by atoms with van der Waals surface area (Å²) in [7, 11) is 0. The van der Waals surface area contributed by atoms with Crippen molar-refractivity contribution < 1.29 is 43.9 Å². The van der Waals surface area contributed by atoms with E-state index >= 15 is 0 Å². The van der Waals surface area contributed by atoms with Crippen LogP contribution < -0.4 is 0 Å². The summed E-state index contributed by atoms with van der Waals surface area (Å²) in [4.78, 5) is 38.1. The van der Waals surface area contributed by atoms with Crippen LogP contribution in [-0.4, -0.2) is 74.3 Å². The molecule has 10 atom stereocenters. The molecule has 4 aliphatic carbocycles. The third-order valence-corrected chi connectivity index (χ3v) is 12.2. The maximum atomic E-state index is 13.4. The Kier molecular flexibility index (Phi) is 5.58. The van der Waals surface area contributed by atoms with Crippen molar-refractivity contribution >= 4 is 17.7 Å². The lowest BCUT2D eigenvalue weighted by atomic mass is 9.42. The van der Waals surface area contributed by atoms with E-state index in [2.05, 4.69) is 0 Å². The zero-order chi connectivity index (χ0) is 28.4. The first-order chi connectivity index (χ1) is 18.1. The van der Waals surface area contributed by atoms with Gasteiger partial charge in [0.05, 0.1) is 22.5 Å². The number of hydrogen-bond donors (Lipinski definition) is 3. The van der Waals surface area contributed by atoms with E-state index < -0.39 is 57.2 Å². The van der Waals surface area contributed by atoms with Crippen LogP contribution in [0.1, 0.15) is 79.6 Å². The highest BCUT2D eigenvalue weighted by molar-refractivity contribution is 5.97. The number of carbonyl (C=O) groups excluding carboxylic acids is 3. The topological polar surface area (TPSA) is 143 Å². The average Bonchev–Trinajstić information content (AvgIpc) is 3.52. The Hall–Kier alpha value is -2.07. The van der Waals surface area contributed by atoms with Gasteiger partial charge < -0.3 is 29.5 Å². The van der Waals surface area contributed by atoms with Crippen molar-refractivity contribution in [1.29, 1.82) is 0 Å². The number of fused-ring (bicyclic) bond motifs is 4. The molecule has 0 bridgehead atoms. The molecule has 0 aromatic carbocycles. The highest BCUT2D eigenvalue weighted by atomic mass is 16.6. The van der Waals surface area contributed by atoms with Gasteiger partial charge in [0.15, 0.2) is 5.78 Å². The minimum absolute atomic E-state index is 0.00552. The van der Waals surface area contributed by atoms with E-state index in [1.165, 1.54) is 13.8 Å². The zero-order valence-corrected chi connectivity index (χ0v) is 23.4. The molecule has 214 valence electrons. The first-order valence-electron chi connectivity index (χ1n) is 14.2. The van der Waals surface area contributed by atoms with E-state index in [1.54, 1.807) is 19.9 Å². The zero-order valence-electron chi connectivity index (χ0n) is 23.4. The number of ketones is 1. The van der Waals surface area contributed by atoms with Crippen LogP contribution in [0.3, 0.4) is 0 Å². The molecule has 3 N–H and O–H groups in total. The molecule has 39 heavy (non-hydrogen) atoms. The Morgan fingerprint density at radius 2 is 1.90 bits per heavy atom. The smallest absolute Gasteiger partial charge is 0.334 e. The number of ether oxygens (including phenoxy) is 3. The highest BCUT2D eigenvalue weighted by Gasteiger charge is 2.83. The molecule has 0 aromatic rings. The average molecular weight is 545 g/mol. The van der Waals surface area contributed by atoms with E-state index in [0.29, 0.717) is 24.8 Å². The lowest BCUT2D eigenvalue weighted by Crippen LogP contribution is -2.75. The van der Waals surface area contributed by atoms with Crippen molar-refractivity contribution in [2.24, 2.45) is 22.7 Å². The number of epoxide rings is 1. The first kappa shape index (κ1) is 27.1. The fourth-order valence-electron chi connectivity index (χ4n) is 9.64. The van der Waals surface area contributed by atoms with Crippen molar-refractivity contribution in [3.8, 4) is 0 Å². The number of esters is 2. The monoisotopic (exact) mass is 544 g/mol. The standard InChI is InChI=1S/C30H40O9/c1-16-13-22(38-24(33)17(16)2)26(5,34)30(36)12-11-28(35)20-14-23-29(39-23)9-6-7-21(32)25(29,4)19(20)8-10-27(28,30)15-37-18(3)31/h6-7,19-20,22-23,34-36H,8-15H2,1-5H3/t19-,20+,22?,23-,25-,26-,27+,28+,29-,30+/m0/s1. The summed E-state index contributed by atoms with van der Waals surface area (Å²) in [5.74, 6) is -1.75. The molecular formula is C30H40O9. The molecule has 4 fully saturated rings. The number of cyclic esters (lactones) is 1. The van der Waals surface area contributed by atoms with Crippen LogP contribution in [-0.2, 0) is 28.6 Å². The molecule has 3 saturated carbocycles. The fraction of sp³-hybridized carbons (Fsp3) is 0.767. The van der Waals surface area contributed by atoms with E-state index in [9.17, 15) is 29.7 Å². The Morgan fingerprint density at radius 1 is 1.18 bits per heavy atom. The van der Waals surface area contributed by atoms with Gasteiger partial charge in [-0.25, -0.2) is 4.79 Å². The normalized spacial score (nSPS) is 49.7. The van der Waals surface area contributed by atoms with E-state index in [-0.39, 0.29) is 50.1 Å². The van der Waals surface area contributed by atoms with Gasteiger partial charge in [0.2, 0.25) is 0 Å². The molecule has 0 radical (unpaired) electrons. The van der Waals surface area contributed by atoms with Crippen LogP contribution in [0.25, 0.3) is 0 Å². The minimum Gasteiger partial charge on any atom is -0.465 e. The van der Waals surface area contributed by atoms with Gasteiger partial charge in [-0.2, -0.15) is 0 Å². The number of aliphatic hydroxyl groups is 3. The molecule has 9 heteroatoms. The molecular weight excluding hydrogens is 504 g/mol. The predicted octanol–water partition coefficient (Wildman–Crippen LogP) is 2.30. The summed E-state index contributed by atoms with van der Waals surface area (Å²) in [6, 6.07) is 0. The summed E-state index contributed by atoms with van der Waals surface area (Å²) < 4.78 is 17.5. The SMILES string of the molecule is CC(=O)OC[C@]12CC[C@H]3[C@@H](C[C@@H]4O[C@@]45CC=CC(=O)[C@]35C)[C@]1(O)CC[C@@]2(O)[C@@](C)(O)C1CC(C)=C(C)C(=O)O1. The number of carbonyl (C=O) groups is 3. The minimum atomic E-state index is -1.97. The van der Waals surface area contributed by atoms with Crippen LogP contribution in [0.15, 0.2) is 23.3 Å². The van der Waals surface area contributed by atoms with Gasteiger partial charge in [0, 0.05) is 18.9 Å². The molecule has 0 amide bonds. The first-order valence-corrected chi connectivity index (χ1v) is 14.2. The molecule has 1 saturated heterocycles. The molecule has 2 aliphatic heterocycles. The number of hydrogen-bond acceptors (Lipinski definition) is 9. The lowest BCUT2D eigenvalue weighted by molar-refractivity contribution is -0.297. The third kappa shape index (κ3) is 3.03. The second-order valence-corrected chi connectivity index (χ2v) is 13.5. The summed E-state index contributed by atoms with van der Waals surface area (Å²) >= 11 is 0. The Balaban J connectivity index is 1.44. The molecule has 2 heterocycles. The second kappa shape index (κ2) is 8.02. The summed E-state index contributed by atoms with van der Waals surface area (Å²) in [5, 5.41) is 37.6. The lowest BCUT2D eigenvalue weighted by Gasteiger charge is -2.64. The van der Waals surface area contributed by atoms with Crippen molar-refractivity contribution in [1.82, 2.24) is 0 Å². The Labute approximate surface area is 228 Å². The molecule has 1 spiro atoms. The maximum Gasteiger partial charge on any atom is 0.334 e. The number of rotatable bonds is 4. The van der Waals surface area contributed by atoms with Gasteiger partial charge in [0.25, 0.3) is 0 Å². The number of allylic oxidation sites excluding steroid dienone is 1. The predicted molar refractivity (Wildman–Crippen MR) is 137 cm³/mol. The second-order valence-electron chi connectivity index (χ2n) is 13.5. The van der Waals surface area contributed by atoms with Gasteiger partial charge in [-0.05, 0) is 84.1 Å². The molecule has 6 rings (SSSR count). The summed E-state index contributed by atoms with van der Waals surface area (Å²) in [5.41, 5.74) is -7.09. The van der Waals surface area contributed by atoms with Crippen LogP contribution in [0, 0.1) is 22.7 Å². The van der Waals surface area contributed by atoms with Gasteiger partial charge >= 0.3 is 11.9 Å². The van der Waals surface area contributed by atoms with Crippen molar-refractivity contribution in [3.63, 3.8) is 0 Å². The molecule has 6 aliphatic rings. The van der Waals surface area contributed by atoms with Gasteiger partial charge in [-0.1, -0.05) is 11.6 Å². The van der Waals surface area contributed by atoms with Crippen molar-refractivity contribution in [2.75, 3.05) is 6.61 Å². The van der Waals surface area contributed by atoms with E-state index in [1.807, 2.05) is 13.0 Å². The summed E-state index contributed by atoms with van der Waals surface area (Å²) in [6.45, 7) is 7.85. The van der Waals surface area contributed by atoms with E-state index in [0.717, 1.165) is 5.57 Å². The quantitative estimate of drug-likeness (QED) is 0.359. The molecule has 1 unspecified atom stereocenters. The summed E-state index contributed by atoms with van der Waals surface area (Å²) in [6.07, 6.45) is 4.49. The van der Waals surface area contributed by atoms with Gasteiger partial charge in [-0.15, -0.1) is 0 Å². The van der Waals surface area contributed by atoms with Gasteiger partial charge in [-0.3, -0.25) is 9.59 Å². The molecule has 9 nitrogen and oxygen atoms in total. The Bertz CT molecular complexity index is 1220. The molecule has 0 aromatic heterocycles. The maximum absolute atomic E-state index is 13.4. The fourth-order valence-corrected chi connectivity index (χ4v) is 9.64. The van der Waals surface area contributed by atoms with Crippen LogP contribution >= 0.6 is 0 Å². The van der Waals surface area contributed by atoms with E-state index in [4.69, 9.17) is 14.2 Å². The van der Waals surface area contributed by atoms with Crippen molar-refractivity contribution in [3.05, 3.63) is 23.3 Å².